The van der Waals surface area contributed by atoms with Gasteiger partial charge in [0.1, 0.15) is 5.82 Å². The SMILES string of the molecule is Cc1ccc(CC(=O)N2CCN(CC(=O)Nc3cc(C)nn3C3CCS(=O)(=O)C3)CC2)cc1. The van der Waals surface area contributed by atoms with Crippen LogP contribution in [0.5, 0.6) is 0 Å². The molecule has 0 radical (unpaired) electrons. The molecule has 2 aromatic rings. The van der Waals surface area contributed by atoms with E-state index in [4.69, 9.17) is 0 Å². The van der Waals surface area contributed by atoms with E-state index in [0.29, 0.717) is 44.8 Å². The van der Waals surface area contributed by atoms with Crippen LogP contribution in [0.4, 0.5) is 5.82 Å². The number of carbonyl (C=O) groups is 2. The number of benzene rings is 1. The zero-order valence-electron chi connectivity index (χ0n) is 19.2. The molecule has 0 aliphatic carbocycles. The van der Waals surface area contributed by atoms with Gasteiger partial charge in [0.2, 0.25) is 11.8 Å². The van der Waals surface area contributed by atoms with Crippen LogP contribution in [0.15, 0.2) is 30.3 Å². The highest BCUT2D eigenvalue weighted by Gasteiger charge is 2.31. The Morgan fingerprint density at radius 1 is 1.09 bits per heavy atom. The van der Waals surface area contributed by atoms with Crippen molar-refractivity contribution < 1.29 is 18.0 Å². The summed E-state index contributed by atoms with van der Waals surface area (Å²) in [5.74, 6) is 0.670. The van der Waals surface area contributed by atoms with Crippen molar-refractivity contribution in [2.45, 2.75) is 32.7 Å². The fourth-order valence-corrected chi connectivity index (χ4v) is 6.08. The zero-order valence-corrected chi connectivity index (χ0v) is 20.0. The number of nitrogens with one attached hydrogen (secondary N) is 1. The molecule has 1 atom stereocenters. The smallest absolute Gasteiger partial charge is 0.239 e. The first-order chi connectivity index (χ1) is 15.7. The topological polar surface area (TPSA) is 105 Å². The molecule has 2 amide bonds. The molecular weight excluding hydrogens is 442 g/mol. The van der Waals surface area contributed by atoms with Crippen LogP contribution in [0.1, 0.15) is 29.3 Å². The largest absolute Gasteiger partial charge is 0.340 e. The number of hydrogen-bond donors (Lipinski definition) is 1. The zero-order chi connectivity index (χ0) is 23.6. The van der Waals surface area contributed by atoms with Gasteiger partial charge in [-0.15, -0.1) is 0 Å². The molecule has 178 valence electrons. The molecule has 3 heterocycles. The highest BCUT2D eigenvalue weighted by atomic mass is 32.2. The van der Waals surface area contributed by atoms with Crippen molar-refractivity contribution in [2.24, 2.45) is 0 Å². The van der Waals surface area contributed by atoms with Gasteiger partial charge in [0.05, 0.1) is 36.2 Å². The van der Waals surface area contributed by atoms with Crippen LogP contribution in [0.3, 0.4) is 0 Å². The van der Waals surface area contributed by atoms with Crippen molar-refractivity contribution in [3.05, 3.63) is 47.2 Å². The molecule has 33 heavy (non-hydrogen) atoms. The number of anilines is 1. The average molecular weight is 474 g/mol. The van der Waals surface area contributed by atoms with Gasteiger partial charge in [-0.2, -0.15) is 5.10 Å². The minimum atomic E-state index is -3.05. The molecule has 0 saturated carbocycles. The molecule has 1 N–H and O–H groups in total. The summed E-state index contributed by atoms with van der Waals surface area (Å²) in [7, 11) is -3.05. The van der Waals surface area contributed by atoms with Crippen molar-refractivity contribution >= 4 is 27.5 Å². The van der Waals surface area contributed by atoms with Crippen molar-refractivity contribution in [3.8, 4) is 0 Å². The molecule has 1 unspecified atom stereocenters. The normalized spacial score (nSPS) is 20.7. The third-order valence-corrected chi connectivity index (χ3v) is 8.00. The van der Waals surface area contributed by atoms with Crippen LogP contribution in [0.25, 0.3) is 0 Å². The molecular formula is C23H31N5O4S. The highest BCUT2D eigenvalue weighted by Crippen LogP contribution is 2.27. The third kappa shape index (κ3) is 6.00. The lowest BCUT2D eigenvalue weighted by molar-refractivity contribution is -0.132. The van der Waals surface area contributed by atoms with E-state index in [9.17, 15) is 18.0 Å². The van der Waals surface area contributed by atoms with Crippen molar-refractivity contribution in [1.29, 1.82) is 0 Å². The fraction of sp³-hybridized carbons (Fsp3) is 0.522. The van der Waals surface area contributed by atoms with Gasteiger partial charge in [-0.25, -0.2) is 13.1 Å². The van der Waals surface area contributed by atoms with Crippen molar-refractivity contribution in [3.63, 3.8) is 0 Å². The van der Waals surface area contributed by atoms with Gasteiger partial charge in [0, 0.05) is 32.2 Å². The Kier molecular flexibility index (Phi) is 6.85. The van der Waals surface area contributed by atoms with Crippen molar-refractivity contribution in [1.82, 2.24) is 19.6 Å². The van der Waals surface area contributed by atoms with Crippen LogP contribution < -0.4 is 5.32 Å². The van der Waals surface area contributed by atoms with E-state index < -0.39 is 9.84 Å². The maximum absolute atomic E-state index is 12.7. The summed E-state index contributed by atoms with van der Waals surface area (Å²) in [5.41, 5.74) is 2.91. The standard InChI is InChI=1S/C23H31N5O4S/c1-17-3-5-19(6-4-17)14-23(30)27-10-8-26(9-11-27)15-22(29)24-21-13-18(2)25-28(21)20-7-12-33(31,32)16-20/h3-6,13,20H,7-12,14-16H2,1-2H3,(H,24,29). The summed E-state index contributed by atoms with van der Waals surface area (Å²) >= 11 is 0. The fourth-order valence-electron chi connectivity index (χ4n) is 4.39. The second-order valence-electron chi connectivity index (χ2n) is 9.04. The number of hydrogen-bond acceptors (Lipinski definition) is 6. The molecule has 0 bridgehead atoms. The Hall–Kier alpha value is -2.72. The maximum atomic E-state index is 12.7. The van der Waals surface area contributed by atoms with E-state index in [2.05, 4.69) is 10.4 Å². The van der Waals surface area contributed by atoms with E-state index in [1.807, 2.05) is 47.9 Å². The molecule has 2 aliphatic rings. The van der Waals surface area contributed by atoms with E-state index in [0.717, 1.165) is 11.3 Å². The van der Waals surface area contributed by atoms with E-state index in [1.54, 1.807) is 10.7 Å². The number of aromatic nitrogens is 2. The monoisotopic (exact) mass is 473 g/mol. The quantitative estimate of drug-likeness (QED) is 0.676. The molecule has 1 aromatic heterocycles. The first kappa shape index (κ1) is 23.4. The summed E-state index contributed by atoms with van der Waals surface area (Å²) in [6.07, 6.45) is 0.895. The van der Waals surface area contributed by atoms with Gasteiger partial charge in [-0.1, -0.05) is 29.8 Å². The van der Waals surface area contributed by atoms with E-state index >= 15 is 0 Å². The number of aryl methyl sites for hydroxylation is 2. The predicted octanol–water partition coefficient (Wildman–Crippen LogP) is 1.18. The van der Waals surface area contributed by atoms with Crippen LogP contribution >= 0.6 is 0 Å². The Labute approximate surface area is 194 Å². The Bertz CT molecular complexity index is 1120. The van der Waals surface area contributed by atoms with E-state index in [1.165, 1.54) is 5.56 Å². The summed E-state index contributed by atoms with van der Waals surface area (Å²) < 4.78 is 25.3. The van der Waals surface area contributed by atoms with Gasteiger partial charge < -0.3 is 10.2 Å². The summed E-state index contributed by atoms with van der Waals surface area (Å²) in [6, 6.07) is 9.52. The molecule has 2 saturated heterocycles. The lowest BCUT2D eigenvalue weighted by Gasteiger charge is -2.34. The minimum Gasteiger partial charge on any atom is -0.340 e. The molecule has 4 rings (SSSR count). The first-order valence-corrected chi connectivity index (χ1v) is 13.1. The van der Waals surface area contributed by atoms with Gasteiger partial charge in [0.25, 0.3) is 0 Å². The molecule has 9 nitrogen and oxygen atoms in total. The van der Waals surface area contributed by atoms with Crippen LogP contribution in [-0.4, -0.2) is 84.0 Å². The summed E-state index contributed by atoms with van der Waals surface area (Å²) in [6.45, 7) is 6.51. The lowest BCUT2D eigenvalue weighted by atomic mass is 10.1. The second-order valence-corrected chi connectivity index (χ2v) is 11.3. The number of amides is 2. The molecule has 2 aliphatic heterocycles. The van der Waals surface area contributed by atoms with Crippen LogP contribution in [0.2, 0.25) is 0 Å². The Balaban J connectivity index is 1.27. The van der Waals surface area contributed by atoms with Crippen molar-refractivity contribution in [2.75, 3.05) is 49.5 Å². The molecule has 0 spiro atoms. The van der Waals surface area contributed by atoms with Crippen LogP contribution in [-0.2, 0) is 25.8 Å². The second kappa shape index (κ2) is 9.64. The molecule has 1 aromatic carbocycles. The highest BCUT2D eigenvalue weighted by molar-refractivity contribution is 7.91. The third-order valence-electron chi connectivity index (χ3n) is 6.25. The first-order valence-electron chi connectivity index (χ1n) is 11.3. The molecule has 10 heteroatoms. The Morgan fingerprint density at radius 2 is 1.79 bits per heavy atom. The van der Waals surface area contributed by atoms with Gasteiger partial charge in [-0.3, -0.25) is 14.5 Å². The van der Waals surface area contributed by atoms with Gasteiger partial charge >= 0.3 is 0 Å². The average Bonchev–Trinajstić information content (AvgIpc) is 3.31. The maximum Gasteiger partial charge on any atom is 0.239 e. The summed E-state index contributed by atoms with van der Waals surface area (Å²) in [4.78, 5) is 29.2. The van der Waals surface area contributed by atoms with Gasteiger partial charge in [0.15, 0.2) is 9.84 Å². The summed E-state index contributed by atoms with van der Waals surface area (Å²) in [5, 5.41) is 7.30. The number of nitrogens with zero attached hydrogens (tertiary/aromatic N) is 4. The number of carbonyl (C=O) groups excluding carboxylic acids is 2. The van der Waals surface area contributed by atoms with Crippen LogP contribution in [0, 0.1) is 13.8 Å². The molecule has 2 fully saturated rings. The van der Waals surface area contributed by atoms with Gasteiger partial charge in [-0.05, 0) is 25.8 Å². The number of sulfone groups is 1. The van der Waals surface area contributed by atoms with E-state index in [-0.39, 0.29) is 35.9 Å². The lowest BCUT2D eigenvalue weighted by Crippen LogP contribution is -2.50. The number of piperazine rings is 1. The predicted molar refractivity (Wildman–Crippen MR) is 126 cm³/mol. The number of rotatable bonds is 6. The Morgan fingerprint density at radius 3 is 2.42 bits per heavy atom. The minimum absolute atomic E-state index is 0.0512.